The number of hydrogen-bond donors (Lipinski definition) is 0. The van der Waals surface area contributed by atoms with E-state index in [2.05, 4.69) is 53.4 Å². The molecule has 3 nitrogen and oxygen atoms in total. The molecule has 3 heteroatoms. The van der Waals surface area contributed by atoms with E-state index in [1.165, 1.54) is 11.1 Å². The van der Waals surface area contributed by atoms with Crippen LogP contribution in [-0.2, 0) is 9.47 Å². The van der Waals surface area contributed by atoms with E-state index in [1.54, 1.807) is 0 Å². The maximum atomic E-state index is 6.23. The Morgan fingerprint density at radius 3 is 1.95 bits per heavy atom. The minimum atomic E-state index is 0.00319. The highest BCUT2D eigenvalue weighted by Gasteiger charge is 2.15. The SMILES string of the molecule is c1ccc(C(OCCN2CCOCC2)c2ccccc2)cc1. The summed E-state index contributed by atoms with van der Waals surface area (Å²) in [6, 6.07) is 20.9. The Morgan fingerprint density at radius 2 is 1.41 bits per heavy atom. The smallest absolute Gasteiger partial charge is 0.108 e. The molecule has 1 fully saturated rings. The first-order chi connectivity index (χ1) is 10.9. The summed E-state index contributed by atoms with van der Waals surface area (Å²) in [4.78, 5) is 2.40. The third-order valence-corrected chi connectivity index (χ3v) is 4.00. The minimum absolute atomic E-state index is 0.00319. The molecule has 2 aromatic rings. The molecule has 0 unspecified atom stereocenters. The highest BCUT2D eigenvalue weighted by molar-refractivity contribution is 5.29. The highest BCUT2D eigenvalue weighted by atomic mass is 16.5. The summed E-state index contributed by atoms with van der Waals surface area (Å²) in [6.45, 7) is 5.37. The highest BCUT2D eigenvalue weighted by Crippen LogP contribution is 2.25. The Balaban J connectivity index is 1.64. The van der Waals surface area contributed by atoms with E-state index < -0.39 is 0 Å². The maximum absolute atomic E-state index is 6.23. The Morgan fingerprint density at radius 1 is 0.864 bits per heavy atom. The normalized spacial score (nSPS) is 16.0. The van der Waals surface area contributed by atoms with Crippen LogP contribution >= 0.6 is 0 Å². The molecule has 116 valence electrons. The lowest BCUT2D eigenvalue weighted by Crippen LogP contribution is -2.38. The lowest BCUT2D eigenvalue weighted by Gasteiger charge is -2.27. The lowest BCUT2D eigenvalue weighted by molar-refractivity contribution is 0.00968. The molecule has 22 heavy (non-hydrogen) atoms. The van der Waals surface area contributed by atoms with Crippen LogP contribution in [-0.4, -0.2) is 44.4 Å². The standard InChI is InChI=1S/C19H23NO2/c1-3-7-17(8-4-1)19(18-9-5-2-6-10-18)22-16-13-20-11-14-21-15-12-20/h1-10,19H,11-16H2. The van der Waals surface area contributed by atoms with Crippen molar-refractivity contribution in [2.24, 2.45) is 0 Å². The second-order valence-corrected chi connectivity index (χ2v) is 5.53. The topological polar surface area (TPSA) is 21.7 Å². The van der Waals surface area contributed by atoms with Crippen LogP contribution < -0.4 is 0 Å². The van der Waals surface area contributed by atoms with Crippen molar-refractivity contribution in [2.75, 3.05) is 39.5 Å². The van der Waals surface area contributed by atoms with Crippen molar-refractivity contribution in [3.05, 3.63) is 71.8 Å². The van der Waals surface area contributed by atoms with Crippen molar-refractivity contribution < 1.29 is 9.47 Å². The molecule has 0 bridgehead atoms. The fourth-order valence-electron chi connectivity index (χ4n) is 2.76. The number of benzene rings is 2. The van der Waals surface area contributed by atoms with Crippen LogP contribution in [0.1, 0.15) is 17.2 Å². The Bertz CT molecular complexity index is 498. The largest absolute Gasteiger partial charge is 0.379 e. The van der Waals surface area contributed by atoms with Gasteiger partial charge in [0.05, 0.1) is 19.8 Å². The van der Waals surface area contributed by atoms with E-state index in [0.717, 1.165) is 39.5 Å². The summed E-state index contributed by atoms with van der Waals surface area (Å²) in [5, 5.41) is 0. The third-order valence-electron chi connectivity index (χ3n) is 4.00. The van der Waals surface area contributed by atoms with Crippen LogP contribution in [0.15, 0.2) is 60.7 Å². The Hall–Kier alpha value is -1.68. The Kier molecular flexibility index (Phi) is 5.59. The summed E-state index contributed by atoms with van der Waals surface area (Å²) in [5.74, 6) is 0. The summed E-state index contributed by atoms with van der Waals surface area (Å²) in [5.41, 5.74) is 2.41. The van der Waals surface area contributed by atoms with Crippen LogP contribution in [0.2, 0.25) is 0 Å². The molecule has 1 aliphatic rings. The average Bonchev–Trinajstić information content (AvgIpc) is 2.61. The van der Waals surface area contributed by atoms with Gasteiger partial charge in [-0.15, -0.1) is 0 Å². The van der Waals surface area contributed by atoms with Crippen LogP contribution in [0.5, 0.6) is 0 Å². The van der Waals surface area contributed by atoms with Crippen molar-refractivity contribution in [1.82, 2.24) is 4.90 Å². The van der Waals surface area contributed by atoms with E-state index in [9.17, 15) is 0 Å². The van der Waals surface area contributed by atoms with Gasteiger partial charge in [0.25, 0.3) is 0 Å². The fourth-order valence-corrected chi connectivity index (χ4v) is 2.76. The van der Waals surface area contributed by atoms with Gasteiger partial charge in [-0.1, -0.05) is 60.7 Å². The molecule has 2 aromatic carbocycles. The molecule has 0 amide bonds. The second kappa shape index (κ2) is 8.08. The van der Waals surface area contributed by atoms with Crippen LogP contribution in [0.3, 0.4) is 0 Å². The number of nitrogens with zero attached hydrogens (tertiary/aromatic N) is 1. The number of hydrogen-bond acceptors (Lipinski definition) is 3. The molecule has 0 N–H and O–H groups in total. The zero-order valence-corrected chi connectivity index (χ0v) is 12.9. The van der Waals surface area contributed by atoms with Gasteiger partial charge in [-0.2, -0.15) is 0 Å². The number of morpholine rings is 1. The van der Waals surface area contributed by atoms with E-state index in [1.807, 2.05) is 12.1 Å². The van der Waals surface area contributed by atoms with Gasteiger partial charge in [0, 0.05) is 19.6 Å². The molecule has 0 spiro atoms. The second-order valence-electron chi connectivity index (χ2n) is 5.53. The van der Waals surface area contributed by atoms with Crippen molar-refractivity contribution in [3.63, 3.8) is 0 Å². The monoisotopic (exact) mass is 297 g/mol. The van der Waals surface area contributed by atoms with Crippen LogP contribution in [0.4, 0.5) is 0 Å². The number of rotatable bonds is 6. The fraction of sp³-hybridized carbons (Fsp3) is 0.368. The van der Waals surface area contributed by atoms with Gasteiger partial charge in [-0.25, -0.2) is 0 Å². The minimum Gasteiger partial charge on any atom is -0.379 e. The first kappa shape index (κ1) is 15.2. The molecule has 1 heterocycles. The maximum Gasteiger partial charge on any atom is 0.108 e. The van der Waals surface area contributed by atoms with E-state index in [0.29, 0.717) is 0 Å². The van der Waals surface area contributed by atoms with Crippen molar-refractivity contribution in [3.8, 4) is 0 Å². The van der Waals surface area contributed by atoms with Crippen molar-refractivity contribution in [1.29, 1.82) is 0 Å². The predicted molar refractivity (Wildman–Crippen MR) is 87.9 cm³/mol. The van der Waals surface area contributed by atoms with Crippen molar-refractivity contribution >= 4 is 0 Å². The zero-order chi connectivity index (χ0) is 15.0. The van der Waals surface area contributed by atoms with Crippen molar-refractivity contribution in [2.45, 2.75) is 6.10 Å². The summed E-state index contributed by atoms with van der Waals surface area (Å²) < 4.78 is 11.6. The van der Waals surface area contributed by atoms with Gasteiger partial charge in [-0.3, -0.25) is 4.90 Å². The number of ether oxygens (including phenoxy) is 2. The molecule has 1 saturated heterocycles. The lowest BCUT2D eigenvalue weighted by atomic mass is 10.0. The average molecular weight is 297 g/mol. The quantitative estimate of drug-likeness (QED) is 0.817. The zero-order valence-electron chi connectivity index (χ0n) is 12.9. The van der Waals surface area contributed by atoms with Gasteiger partial charge in [0.15, 0.2) is 0 Å². The van der Waals surface area contributed by atoms with E-state index in [4.69, 9.17) is 9.47 Å². The Labute approximate surface area is 132 Å². The molecule has 1 aliphatic heterocycles. The van der Waals surface area contributed by atoms with Gasteiger partial charge in [0.1, 0.15) is 6.10 Å². The predicted octanol–water partition coefficient (Wildman–Crippen LogP) is 3.12. The van der Waals surface area contributed by atoms with Gasteiger partial charge in [0.2, 0.25) is 0 Å². The third kappa shape index (κ3) is 4.17. The molecule has 0 radical (unpaired) electrons. The molecular weight excluding hydrogens is 274 g/mol. The first-order valence-corrected chi connectivity index (χ1v) is 7.95. The van der Waals surface area contributed by atoms with Crippen LogP contribution in [0.25, 0.3) is 0 Å². The van der Waals surface area contributed by atoms with E-state index >= 15 is 0 Å². The molecule has 0 saturated carbocycles. The summed E-state index contributed by atoms with van der Waals surface area (Å²) in [6.07, 6.45) is 0.00319. The van der Waals surface area contributed by atoms with Gasteiger partial charge in [-0.05, 0) is 11.1 Å². The summed E-state index contributed by atoms with van der Waals surface area (Å²) >= 11 is 0. The molecular formula is C19H23NO2. The molecule has 0 atom stereocenters. The van der Waals surface area contributed by atoms with Crippen LogP contribution in [0, 0.1) is 0 Å². The summed E-state index contributed by atoms with van der Waals surface area (Å²) in [7, 11) is 0. The molecule has 0 aromatic heterocycles. The molecule has 3 rings (SSSR count). The first-order valence-electron chi connectivity index (χ1n) is 7.95. The molecule has 0 aliphatic carbocycles. The van der Waals surface area contributed by atoms with E-state index in [-0.39, 0.29) is 6.10 Å². The van der Waals surface area contributed by atoms with Gasteiger partial charge < -0.3 is 9.47 Å². The van der Waals surface area contributed by atoms with Gasteiger partial charge >= 0.3 is 0 Å².